The Labute approximate surface area is 99.4 Å². The number of halogens is 1. The van der Waals surface area contributed by atoms with Gasteiger partial charge in [0.25, 0.3) is 0 Å². The van der Waals surface area contributed by atoms with Crippen LogP contribution in [0.5, 0.6) is 0 Å². The third-order valence-corrected chi connectivity index (χ3v) is 2.53. The van der Waals surface area contributed by atoms with Crippen LogP contribution in [0.25, 0.3) is 11.1 Å². The summed E-state index contributed by atoms with van der Waals surface area (Å²) in [4.78, 5) is 4.43. The highest BCUT2D eigenvalue weighted by Crippen LogP contribution is 2.20. The Bertz CT molecular complexity index is 433. The van der Waals surface area contributed by atoms with E-state index in [0.717, 1.165) is 30.1 Å². The number of oxazole rings is 1. The van der Waals surface area contributed by atoms with Crippen LogP contribution in [0, 0.1) is 0 Å². The third-order valence-electron chi connectivity index (χ3n) is 2.53. The van der Waals surface area contributed by atoms with E-state index < -0.39 is 0 Å². The molecule has 1 unspecified atom stereocenters. The van der Waals surface area contributed by atoms with E-state index in [2.05, 4.69) is 10.3 Å². The number of rotatable bonds is 1. The molecule has 1 aliphatic heterocycles. The van der Waals surface area contributed by atoms with Gasteiger partial charge >= 0.3 is 0 Å². The van der Waals surface area contributed by atoms with E-state index in [9.17, 15) is 0 Å². The lowest BCUT2D eigenvalue weighted by atomic mass is 10.3. The van der Waals surface area contributed by atoms with Crippen molar-refractivity contribution in [2.75, 3.05) is 19.8 Å². The fourth-order valence-electron chi connectivity index (χ4n) is 1.76. The van der Waals surface area contributed by atoms with Gasteiger partial charge in [-0.3, -0.25) is 0 Å². The minimum Gasteiger partial charge on any atom is -0.439 e. The fourth-order valence-corrected chi connectivity index (χ4v) is 1.76. The van der Waals surface area contributed by atoms with Crippen molar-refractivity contribution in [3.8, 4) is 0 Å². The zero-order valence-electron chi connectivity index (χ0n) is 8.68. The fraction of sp³-hybridized carbons (Fsp3) is 0.364. The largest absolute Gasteiger partial charge is 0.439 e. The molecular formula is C11H13ClN2O2. The maximum absolute atomic E-state index is 5.65. The van der Waals surface area contributed by atoms with Crippen LogP contribution in [-0.4, -0.2) is 24.7 Å². The number of aromatic nitrogens is 1. The lowest BCUT2D eigenvalue weighted by Crippen LogP contribution is -2.34. The quantitative estimate of drug-likeness (QED) is 0.827. The molecule has 0 spiro atoms. The number of nitrogens with zero attached hydrogens (tertiary/aromatic N) is 1. The van der Waals surface area contributed by atoms with Crippen molar-refractivity contribution in [2.45, 2.75) is 6.04 Å². The number of fused-ring (bicyclic) bond motifs is 1. The Balaban J connectivity index is 0.000000963. The molecule has 86 valence electrons. The zero-order valence-corrected chi connectivity index (χ0v) is 9.50. The van der Waals surface area contributed by atoms with E-state index in [0.29, 0.717) is 6.61 Å². The van der Waals surface area contributed by atoms with Gasteiger partial charge in [-0.15, -0.1) is 12.4 Å². The molecule has 1 atom stereocenters. The number of nitrogens with one attached hydrogen (secondary N) is 1. The zero-order chi connectivity index (χ0) is 10.1. The summed E-state index contributed by atoms with van der Waals surface area (Å²) in [5.74, 6) is 0.718. The first-order chi connectivity index (χ1) is 7.43. The molecule has 1 saturated heterocycles. The average molecular weight is 241 g/mol. The van der Waals surface area contributed by atoms with Crippen LogP contribution in [0.2, 0.25) is 0 Å². The summed E-state index contributed by atoms with van der Waals surface area (Å²) in [6, 6.07) is 7.87. The molecule has 1 aromatic heterocycles. The lowest BCUT2D eigenvalue weighted by Gasteiger charge is -2.20. The molecule has 0 saturated carbocycles. The molecule has 4 nitrogen and oxygen atoms in total. The number of morpholine rings is 1. The van der Waals surface area contributed by atoms with E-state index in [1.54, 1.807) is 0 Å². The van der Waals surface area contributed by atoms with Crippen LogP contribution < -0.4 is 5.32 Å². The normalized spacial score (nSPS) is 20.6. The van der Waals surface area contributed by atoms with Crippen LogP contribution in [-0.2, 0) is 4.74 Å². The summed E-state index contributed by atoms with van der Waals surface area (Å²) in [6.45, 7) is 2.24. The van der Waals surface area contributed by atoms with Gasteiger partial charge in [0, 0.05) is 6.54 Å². The predicted octanol–water partition coefficient (Wildman–Crippen LogP) is 1.91. The second-order valence-electron chi connectivity index (χ2n) is 3.60. The molecule has 5 heteroatoms. The van der Waals surface area contributed by atoms with Crippen LogP contribution >= 0.6 is 12.4 Å². The monoisotopic (exact) mass is 240 g/mol. The van der Waals surface area contributed by atoms with Gasteiger partial charge in [0.05, 0.1) is 13.2 Å². The Hall–Kier alpha value is -1.10. The number of hydrogen-bond acceptors (Lipinski definition) is 4. The molecule has 0 aliphatic carbocycles. The van der Waals surface area contributed by atoms with E-state index >= 15 is 0 Å². The van der Waals surface area contributed by atoms with Gasteiger partial charge in [-0.1, -0.05) is 12.1 Å². The third kappa shape index (κ3) is 2.04. The van der Waals surface area contributed by atoms with Gasteiger partial charge in [0.1, 0.15) is 11.6 Å². The molecular weight excluding hydrogens is 228 g/mol. The second kappa shape index (κ2) is 4.82. The molecule has 1 N–H and O–H groups in total. The molecule has 1 fully saturated rings. The topological polar surface area (TPSA) is 47.3 Å². The Kier molecular flexibility index (Phi) is 3.43. The summed E-state index contributed by atoms with van der Waals surface area (Å²) in [5.41, 5.74) is 1.74. The molecule has 1 aliphatic rings. The number of ether oxygens (including phenoxy) is 1. The van der Waals surface area contributed by atoms with Gasteiger partial charge in [-0.25, -0.2) is 4.98 Å². The first-order valence-electron chi connectivity index (χ1n) is 5.10. The van der Waals surface area contributed by atoms with E-state index in [1.165, 1.54) is 0 Å². The van der Waals surface area contributed by atoms with Crippen molar-refractivity contribution in [3.63, 3.8) is 0 Å². The maximum atomic E-state index is 5.65. The van der Waals surface area contributed by atoms with Gasteiger partial charge in [0.15, 0.2) is 5.58 Å². The number of para-hydroxylation sites is 2. The van der Waals surface area contributed by atoms with Crippen LogP contribution in [0.15, 0.2) is 28.7 Å². The van der Waals surface area contributed by atoms with Crippen LogP contribution in [0.4, 0.5) is 0 Å². The molecule has 16 heavy (non-hydrogen) atoms. The van der Waals surface area contributed by atoms with Gasteiger partial charge in [-0.2, -0.15) is 0 Å². The van der Waals surface area contributed by atoms with Gasteiger partial charge in [-0.05, 0) is 12.1 Å². The smallest absolute Gasteiger partial charge is 0.215 e. The predicted molar refractivity (Wildman–Crippen MR) is 62.8 cm³/mol. The molecule has 2 heterocycles. The van der Waals surface area contributed by atoms with Crippen molar-refractivity contribution in [3.05, 3.63) is 30.2 Å². The molecule has 2 aromatic rings. The highest BCUT2D eigenvalue weighted by atomic mass is 35.5. The van der Waals surface area contributed by atoms with Crippen molar-refractivity contribution >= 4 is 23.5 Å². The first-order valence-corrected chi connectivity index (χ1v) is 5.10. The van der Waals surface area contributed by atoms with Gasteiger partial charge in [0.2, 0.25) is 5.89 Å². The Morgan fingerprint density at radius 2 is 2.19 bits per heavy atom. The highest BCUT2D eigenvalue weighted by Gasteiger charge is 2.20. The second-order valence-corrected chi connectivity index (χ2v) is 3.60. The lowest BCUT2D eigenvalue weighted by molar-refractivity contribution is 0.0687. The summed E-state index contributed by atoms with van der Waals surface area (Å²) in [5, 5.41) is 3.32. The Morgan fingerprint density at radius 3 is 2.94 bits per heavy atom. The standard InChI is InChI=1S/C11H12N2O2.ClH/c1-2-4-10-8(3-1)13-11(15-10)9-7-14-6-5-12-9;/h1-4,9,12H,5-7H2;1H. The molecule has 3 rings (SSSR count). The minimum atomic E-state index is 0. The molecule has 0 amide bonds. The van der Waals surface area contributed by atoms with Crippen molar-refractivity contribution < 1.29 is 9.15 Å². The number of hydrogen-bond donors (Lipinski definition) is 1. The average Bonchev–Trinajstić information content (AvgIpc) is 2.74. The summed E-state index contributed by atoms with van der Waals surface area (Å²) < 4.78 is 11.0. The van der Waals surface area contributed by atoms with Crippen LogP contribution in [0.1, 0.15) is 11.9 Å². The van der Waals surface area contributed by atoms with Crippen molar-refractivity contribution in [2.24, 2.45) is 0 Å². The van der Waals surface area contributed by atoms with E-state index in [-0.39, 0.29) is 18.4 Å². The highest BCUT2D eigenvalue weighted by molar-refractivity contribution is 5.85. The first kappa shape index (κ1) is 11.4. The minimum absolute atomic E-state index is 0. The summed E-state index contributed by atoms with van der Waals surface area (Å²) in [6.07, 6.45) is 0. The van der Waals surface area contributed by atoms with E-state index in [4.69, 9.17) is 9.15 Å². The maximum Gasteiger partial charge on any atom is 0.215 e. The molecule has 1 aromatic carbocycles. The van der Waals surface area contributed by atoms with E-state index in [1.807, 2.05) is 24.3 Å². The van der Waals surface area contributed by atoms with Crippen molar-refractivity contribution in [1.29, 1.82) is 0 Å². The van der Waals surface area contributed by atoms with Gasteiger partial charge < -0.3 is 14.5 Å². The number of benzene rings is 1. The molecule has 0 bridgehead atoms. The van der Waals surface area contributed by atoms with Crippen LogP contribution in [0.3, 0.4) is 0 Å². The summed E-state index contributed by atoms with van der Waals surface area (Å²) in [7, 11) is 0. The Morgan fingerprint density at radius 1 is 1.31 bits per heavy atom. The molecule has 0 radical (unpaired) electrons. The van der Waals surface area contributed by atoms with Crippen molar-refractivity contribution in [1.82, 2.24) is 10.3 Å². The summed E-state index contributed by atoms with van der Waals surface area (Å²) >= 11 is 0. The SMILES string of the molecule is Cl.c1ccc2oc(C3COCCN3)nc2c1.